The summed E-state index contributed by atoms with van der Waals surface area (Å²) in [6.07, 6.45) is 9.22. The first-order chi connectivity index (χ1) is 9.76. The van der Waals surface area contributed by atoms with Crippen LogP contribution in [0.4, 0.5) is 5.69 Å². The van der Waals surface area contributed by atoms with Crippen molar-refractivity contribution in [1.82, 2.24) is 0 Å². The van der Waals surface area contributed by atoms with E-state index >= 15 is 0 Å². The van der Waals surface area contributed by atoms with Crippen LogP contribution in [0.15, 0.2) is 24.3 Å². The van der Waals surface area contributed by atoms with Crippen LogP contribution < -0.4 is 5.32 Å². The van der Waals surface area contributed by atoms with Gasteiger partial charge in [-0.3, -0.25) is 4.79 Å². The number of halogens is 1. The Morgan fingerprint density at radius 1 is 1.10 bits per heavy atom. The monoisotopic (exact) mass is 295 g/mol. The summed E-state index contributed by atoms with van der Waals surface area (Å²) >= 11 is 5.78. The Morgan fingerprint density at radius 3 is 2.50 bits per heavy atom. The molecule has 20 heavy (non-hydrogen) atoms. The van der Waals surface area contributed by atoms with Gasteiger partial charge in [0, 0.05) is 18.0 Å². The Kier molecular flexibility index (Phi) is 9.14. The quantitative estimate of drug-likeness (QED) is 0.448. The SMILES string of the molecule is CCCCCCCCCC(=O)Nc1cccc(CCl)c1. The smallest absolute Gasteiger partial charge is 0.224 e. The second-order valence-electron chi connectivity index (χ2n) is 5.25. The normalized spacial score (nSPS) is 10.5. The molecule has 1 rings (SSSR count). The highest BCUT2D eigenvalue weighted by atomic mass is 35.5. The molecule has 0 atom stereocenters. The van der Waals surface area contributed by atoms with Crippen molar-refractivity contribution < 1.29 is 4.79 Å². The number of carbonyl (C=O) groups excluding carboxylic acids is 1. The number of anilines is 1. The van der Waals surface area contributed by atoms with E-state index in [1.807, 2.05) is 24.3 Å². The molecule has 0 unspecified atom stereocenters. The maximum absolute atomic E-state index is 11.8. The Bertz CT molecular complexity index is 392. The molecule has 0 bridgehead atoms. The maximum Gasteiger partial charge on any atom is 0.224 e. The van der Waals surface area contributed by atoms with Gasteiger partial charge in [-0.2, -0.15) is 0 Å². The summed E-state index contributed by atoms with van der Waals surface area (Å²) in [6.45, 7) is 2.23. The van der Waals surface area contributed by atoms with Crippen LogP contribution in [0.3, 0.4) is 0 Å². The van der Waals surface area contributed by atoms with Gasteiger partial charge in [0.1, 0.15) is 0 Å². The molecule has 0 aliphatic carbocycles. The minimum Gasteiger partial charge on any atom is -0.326 e. The molecule has 0 spiro atoms. The van der Waals surface area contributed by atoms with E-state index in [1.165, 1.54) is 32.1 Å². The first-order valence-electron chi connectivity index (χ1n) is 7.71. The standard InChI is InChI=1S/C17H26ClNO/c1-2-3-4-5-6-7-8-12-17(20)19-16-11-9-10-15(13-16)14-18/h9-11,13H,2-8,12,14H2,1H3,(H,19,20). The number of nitrogens with one attached hydrogen (secondary N) is 1. The molecule has 3 heteroatoms. The Labute approximate surface area is 127 Å². The number of hydrogen-bond acceptors (Lipinski definition) is 1. The Balaban J connectivity index is 2.13. The topological polar surface area (TPSA) is 29.1 Å². The molecule has 0 aliphatic rings. The van der Waals surface area contributed by atoms with Gasteiger partial charge in [-0.1, -0.05) is 57.6 Å². The highest BCUT2D eigenvalue weighted by molar-refractivity contribution is 6.17. The summed E-state index contributed by atoms with van der Waals surface area (Å²) in [7, 11) is 0. The van der Waals surface area contributed by atoms with Gasteiger partial charge in [-0.05, 0) is 24.1 Å². The van der Waals surface area contributed by atoms with Crippen molar-refractivity contribution in [2.45, 2.75) is 64.2 Å². The van der Waals surface area contributed by atoms with Crippen molar-refractivity contribution in [3.63, 3.8) is 0 Å². The summed E-state index contributed by atoms with van der Waals surface area (Å²) in [5.41, 5.74) is 1.87. The van der Waals surface area contributed by atoms with Crippen LogP contribution in [0.2, 0.25) is 0 Å². The molecular weight excluding hydrogens is 270 g/mol. The van der Waals surface area contributed by atoms with Crippen molar-refractivity contribution >= 4 is 23.2 Å². The Morgan fingerprint density at radius 2 is 1.80 bits per heavy atom. The number of amides is 1. The van der Waals surface area contributed by atoms with Crippen molar-refractivity contribution in [2.24, 2.45) is 0 Å². The number of rotatable bonds is 10. The fourth-order valence-electron chi connectivity index (χ4n) is 2.20. The van der Waals surface area contributed by atoms with Crippen LogP contribution in [-0.4, -0.2) is 5.91 Å². The fourth-order valence-corrected chi connectivity index (χ4v) is 2.36. The third kappa shape index (κ3) is 7.54. The number of unbranched alkanes of at least 4 members (excludes halogenated alkanes) is 6. The molecule has 0 saturated carbocycles. The first kappa shape index (κ1) is 17.0. The van der Waals surface area contributed by atoms with Crippen LogP contribution >= 0.6 is 11.6 Å². The lowest BCUT2D eigenvalue weighted by Gasteiger charge is -2.06. The van der Waals surface area contributed by atoms with E-state index in [0.717, 1.165) is 24.1 Å². The second kappa shape index (κ2) is 10.7. The molecule has 1 aromatic rings. The number of alkyl halides is 1. The third-order valence-corrected chi connectivity index (χ3v) is 3.68. The minimum atomic E-state index is 0.102. The molecule has 1 N–H and O–H groups in total. The Hall–Kier alpha value is -1.02. The predicted octanol–water partition coefficient (Wildman–Crippen LogP) is 5.50. The molecule has 2 nitrogen and oxygen atoms in total. The van der Waals surface area contributed by atoms with Crippen LogP contribution in [0.1, 0.15) is 63.9 Å². The first-order valence-corrected chi connectivity index (χ1v) is 8.24. The minimum absolute atomic E-state index is 0.102. The van der Waals surface area contributed by atoms with E-state index in [-0.39, 0.29) is 5.91 Å². The van der Waals surface area contributed by atoms with Gasteiger partial charge in [0.15, 0.2) is 0 Å². The van der Waals surface area contributed by atoms with E-state index < -0.39 is 0 Å². The summed E-state index contributed by atoms with van der Waals surface area (Å²) in [5.74, 6) is 0.576. The molecule has 0 aliphatic heterocycles. The van der Waals surface area contributed by atoms with E-state index in [4.69, 9.17) is 11.6 Å². The van der Waals surface area contributed by atoms with E-state index in [1.54, 1.807) is 0 Å². The van der Waals surface area contributed by atoms with Gasteiger partial charge < -0.3 is 5.32 Å². The van der Waals surface area contributed by atoms with Gasteiger partial charge >= 0.3 is 0 Å². The summed E-state index contributed by atoms with van der Waals surface area (Å²) in [6, 6.07) is 7.70. The van der Waals surface area contributed by atoms with E-state index in [2.05, 4.69) is 12.2 Å². The van der Waals surface area contributed by atoms with E-state index in [9.17, 15) is 4.79 Å². The predicted molar refractivity (Wildman–Crippen MR) is 87.2 cm³/mol. The van der Waals surface area contributed by atoms with Crippen molar-refractivity contribution in [3.05, 3.63) is 29.8 Å². The van der Waals surface area contributed by atoms with Crippen LogP contribution in [-0.2, 0) is 10.7 Å². The summed E-state index contributed by atoms with van der Waals surface area (Å²) in [4.78, 5) is 11.8. The largest absolute Gasteiger partial charge is 0.326 e. The molecule has 1 aromatic carbocycles. The van der Waals surface area contributed by atoms with Gasteiger partial charge in [0.05, 0.1) is 0 Å². The summed E-state index contributed by atoms with van der Waals surface area (Å²) < 4.78 is 0. The number of carbonyl (C=O) groups is 1. The fraction of sp³-hybridized carbons (Fsp3) is 0.588. The average molecular weight is 296 g/mol. The molecule has 0 aromatic heterocycles. The molecule has 112 valence electrons. The molecule has 0 saturated heterocycles. The lowest BCUT2D eigenvalue weighted by Crippen LogP contribution is -2.11. The second-order valence-corrected chi connectivity index (χ2v) is 5.52. The van der Waals surface area contributed by atoms with Gasteiger partial charge in [0.2, 0.25) is 5.91 Å². The lowest BCUT2D eigenvalue weighted by atomic mass is 10.1. The van der Waals surface area contributed by atoms with Gasteiger partial charge in [0.25, 0.3) is 0 Å². The molecule has 0 heterocycles. The number of benzene rings is 1. The molecule has 0 radical (unpaired) electrons. The van der Waals surface area contributed by atoms with Crippen LogP contribution in [0.25, 0.3) is 0 Å². The van der Waals surface area contributed by atoms with Crippen molar-refractivity contribution in [3.8, 4) is 0 Å². The van der Waals surface area contributed by atoms with Crippen LogP contribution in [0.5, 0.6) is 0 Å². The average Bonchev–Trinajstić information content (AvgIpc) is 2.46. The van der Waals surface area contributed by atoms with Gasteiger partial charge in [-0.25, -0.2) is 0 Å². The zero-order valence-corrected chi connectivity index (χ0v) is 13.2. The number of hydrogen-bond donors (Lipinski definition) is 1. The zero-order chi connectivity index (χ0) is 14.6. The molecular formula is C17H26ClNO. The molecule has 1 amide bonds. The van der Waals surface area contributed by atoms with Gasteiger partial charge in [-0.15, -0.1) is 11.6 Å². The summed E-state index contributed by atoms with van der Waals surface area (Å²) in [5, 5.41) is 2.93. The maximum atomic E-state index is 11.8. The molecule has 0 fully saturated rings. The highest BCUT2D eigenvalue weighted by Gasteiger charge is 2.02. The zero-order valence-electron chi connectivity index (χ0n) is 12.5. The van der Waals surface area contributed by atoms with Crippen LogP contribution in [0, 0.1) is 0 Å². The van der Waals surface area contributed by atoms with Crippen molar-refractivity contribution in [1.29, 1.82) is 0 Å². The third-order valence-electron chi connectivity index (χ3n) is 3.37. The van der Waals surface area contributed by atoms with Crippen molar-refractivity contribution in [2.75, 3.05) is 5.32 Å². The lowest BCUT2D eigenvalue weighted by molar-refractivity contribution is -0.116. The highest BCUT2D eigenvalue weighted by Crippen LogP contribution is 2.14. The van der Waals surface area contributed by atoms with E-state index in [0.29, 0.717) is 12.3 Å².